The molecule has 1 heterocycles. The molecular formula is C28H30N2O3. The van der Waals surface area contributed by atoms with Gasteiger partial charge < -0.3 is 14.0 Å². The maximum Gasteiger partial charge on any atom is 0.514 e. The number of carbonyl (C=O) groups excluding carboxylic acids is 1. The van der Waals surface area contributed by atoms with E-state index in [0.29, 0.717) is 5.75 Å². The summed E-state index contributed by atoms with van der Waals surface area (Å²) in [7, 11) is 0. The third kappa shape index (κ3) is 5.43. The van der Waals surface area contributed by atoms with Gasteiger partial charge in [0.05, 0.1) is 11.0 Å². The Balaban J connectivity index is 1.58. The Morgan fingerprint density at radius 2 is 1.64 bits per heavy atom. The number of rotatable bonds is 6. The van der Waals surface area contributed by atoms with Crippen LogP contribution < -0.4 is 4.74 Å². The first kappa shape index (κ1) is 22.6. The Labute approximate surface area is 195 Å². The Morgan fingerprint density at radius 3 is 2.36 bits per heavy atom. The fraction of sp³-hybridized carbons (Fsp3) is 0.286. The summed E-state index contributed by atoms with van der Waals surface area (Å²) >= 11 is 0. The Morgan fingerprint density at radius 1 is 0.939 bits per heavy atom. The van der Waals surface area contributed by atoms with Crippen molar-refractivity contribution in [3.63, 3.8) is 0 Å². The van der Waals surface area contributed by atoms with Crippen molar-refractivity contribution in [3.8, 4) is 16.9 Å². The van der Waals surface area contributed by atoms with E-state index >= 15 is 0 Å². The lowest BCUT2D eigenvalue weighted by molar-refractivity contribution is 0.0207. The molecule has 33 heavy (non-hydrogen) atoms. The molecule has 4 aromatic rings. The molecule has 0 atom stereocenters. The van der Waals surface area contributed by atoms with E-state index in [1.807, 2.05) is 45.0 Å². The van der Waals surface area contributed by atoms with E-state index in [1.54, 1.807) is 6.07 Å². The van der Waals surface area contributed by atoms with Crippen LogP contribution in [0.2, 0.25) is 0 Å². The van der Waals surface area contributed by atoms with E-state index in [2.05, 4.69) is 54.0 Å². The number of ether oxygens (including phenoxy) is 2. The van der Waals surface area contributed by atoms with E-state index in [1.165, 1.54) is 5.56 Å². The second-order valence-electron chi connectivity index (χ2n) is 9.11. The molecule has 5 nitrogen and oxygen atoms in total. The summed E-state index contributed by atoms with van der Waals surface area (Å²) in [5.41, 5.74) is 4.58. The van der Waals surface area contributed by atoms with Crippen LogP contribution in [0.1, 0.15) is 45.5 Å². The molecule has 0 aliphatic heterocycles. The van der Waals surface area contributed by atoms with Gasteiger partial charge in [0, 0.05) is 18.5 Å². The zero-order valence-electron chi connectivity index (χ0n) is 19.7. The molecule has 5 heteroatoms. The highest BCUT2D eigenvalue weighted by atomic mass is 16.7. The molecule has 0 N–H and O–H groups in total. The monoisotopic (exact) mass is 442 g/mol. The topological polar surface area (TPSA) is 53.4 Å². The normalized spacial score (nSPS) is 11.5. The molecule has 0 unspecified atom stereocenters. The number of hydrogen-bond donors (Lipinski definition) is 0. The average molecular weight is 443 g/mol. The summed E-state index contributed by atoms with van der Waals surface area (Å²) in [4.78, 5) is 17.0. The van der Waals surface area contributed by atoms with Gasteiger partial charge in [-0.05, 0) is 56.5 Å². The van der Waals surface area contributed by atoms with Gasteiger partial charge in [-0.25, -0.2) is 9.78 Å². The number of para-hydroxylation sites is 3. The maximum absolute atomic E-state index is 12.2. The van der Waals surface area contributed by atoms with E-state index in [4.69, 9.17) is 14.5 Å². The van der Waals surface area contributed by atoms with Crippen LogP contribution in [0.15, 0.2) is 72.8 Å². The summed E-state index contributed by atoms with van der Waals surface area (Å²) < 4.78 is 13.1. The first-order valence-electron chi connectivity index (χ1n) is 11.4. The average Bonchev–Trinajstić information content (AvgIpc) is 3.11. The second-order valence-corrected chi connectivity index (χ2v) is 9.11. The van der Waals surface area contributed by atoms with Crippen molar-refractivity contribution in [3.05, 3.63) is 84.2 Å². The van der Waals surface area contributed by atoms with Gasteiger partial charge in [-0.1, -0.05) is 61.5 Å². The first-order chi connectivity index (χ1) is 15.8. The third-order valence-corrected chi connectivity index (χ3v) is 5.28. The van der Waals surface area contributed by atoms with E-state index in [0.717, 1.165) is 47.4 Å². The highest BCUT2D eigenvalue weighted by Crippen LogP contribution is 2.31. The van der Waals surface area contributed by atoms with Crippen LogP contribution in [0.3, 0.4) is 0 Å². The predicted octanol–water partition coefficient (Wildman–Crippen LogP) is 7.02. The smallest absolute Gasteiger partial charge is 0.428 e. The Kier molecular flexibility index (Phi) is 6.50. The molecular weight excluding hydrogens is 412 g/mol. The summed E-state index contributed by atoms with van der Waals surface area (Å²) in [6, 6.07) is 24.1. The number of imidazole rings is 1. The van der Waals surface area contributed by atoms with E-state index in [-0.39, 0.29) is 0 Å². The molecule has 0 spiro atoms. The fourth-order valence-electron chi connectivity index (χ4n) is 3.84. The van der Waals surface area contributed by atoms with Crippen molar-refractivity contribution < 1.29 is 14.3 Å². The summed E-state index contributed by atoms with van der Waals surface area (Å²) in [6.07, 6.45) is 1.29. The largest absolute Gasteiger partial charge is 0.514 e. The lowest BCUT2D eigenvalue weighted by Crippen LogP contribution is -2.26. The molecule has 4 rings (SSSR count). The Bertz CT molecular complexity index is 1250. The highest BCUT2D eigenvalue weighted by molar-refractivity contribution is 5.76. The third-order valence-electron chi connectivity index (χ3n) is 5.28. The molecule has 0 saturated heterocycles. The quantitative estimate of drug-likeness (QED) is 0.238. The number of aromatic nitrogens is 2. The van der Waals surface area contributed by atoms with Gasteiger partial charge in [0.2, 0.25) is 0 Å². The molecule has 0 radical (unpaired) electrons. The van der Waals surface area contributed by atoms with E-state index < -0.39 is 11.8 Å². The standard InChI is InChI=1S/C28H30N2O3/c1-5-10-26-29-23-12-7-8-13-24(23)30(26)19-20-15-17-21(18-16-20)22-11-6-9-14-25(22)32-27(31)33-28(2,3)4/h6-9,11-18H,5,10,19H2,1-4H3. The van der Waals surface area contributed by atoms with Crippen molar-refractivity contribution in [1.29, 1.82) is 0 Å². The van der Waals surface area contributed by atoms with Crippen LogP contribution in [0.5, 0.6) is 5.75 Å². The zero-order chi connectivity index (χ0) is 23.4. The van der Waals surface area contributed by atoms with Crippen molar-refractivity contribution in [2.24, 2.45) is 0 Å². The molecule has 0 aliphatic carbocycles. The van der Waals surface area contributed by atoms with Gasteiger partial charge in [-0.3, -0.25) is 0 Å². The van der Waals surface area contributed by atoms with Gasteiger partial charge in [0.15, 0.2) is 0 Å². The van der Waals surface area contributed by atoms with Crippen molar-refractivity contribution in [2.75, 3.05) is 0 Å². The number of carbonyl (C=O) groups is 1. The minimum Gasteiger partial charge on any atom is -0.428 e. The van der Waals surface area contributed by atoms with E-state index in [9.17, 15) is 4.79 Å². The van der Waals surface area contributed by atoms with Gasteiger partial charge in [-0.2, -0.15) is 0 Å². The maximum atomic E-state index is 12.2. The highest BCUT2D eigenvalue weighted by Gasteiger charge is 2.19. The number of hydrogen-bond acceptors (Lipinski definition) is 4. The molecule has 170 valence electrons. The minimum atomic E-state index is -0.706. The lowest BCUT2D eigenvalue weighted by atomic mass is 10.0. The summed E-state index contributed by atoms with van der Waals surface area (Å²) in [5.74, 6) is 1.59. The van der Waals surface area contributed by atoms with Gasteiger partial charge >= 0.3 is 6.16 Å². The fourth-order valence-corrected chi connectivity index (χ4v) is 3.84. The van der Waals surface area contributed by atoms with Crippen LogP contribution in [-0.2, 0) is 17.7 Å². The molecule has 0 bridgehead atoms. The van der Waals surface area contributed by atoms with Crippen LogP contribution in [0, 0.1) is 0 Å². The lowest BCUT2D eigenvalue weighted by Gasteiger charge is -2.19. The summed E-state index contributed by atoms with van der Waals surface area (Å²) in [6.45, 7) is 8.37. The Hall–Kier alpha value is -3.60. The SMILES string of the molecule is CCCc1nc2ccccc2n1Cc1ccc(-c2ccccc2OC(=O)OC(C)(C)C)cc1. The number of aryl methyl sites for hydroxylation is 1. The molecule has 3 aromatic carbocycles. The van der Waals surface area contributed by atoms with Crippen molar-refractivity contribution >= 4 is 17.2 Å². The van der Waals surface area contributed by atoms with Crippen LogP contribution in [-0.4, -0.2) is 21.3 Å². The van der Waals surface area contributed by atoms with Gasteiger partial charge in [-0.15, -0.1) is 0 Å². The molecule has 0 aliphatic rings. The van der Waals surface area contributed by atoms with Crippen LogP contribution in [0.25, 0.3) is 22.2 Å². The molecule has 0 fully saturated rings. The van der Waals surface area contributed by atoms with Crippen molar-refractivity contribution in [1.82, 2.24) is 9.55 Å². The second kappa shape index (κ2) is 9.49. The van der Waals surface area contributed by atoms with Gasteiger partial charge in [0.1, 0.15) is 17.2 Å². The number of nitrogens with zero attached hydrogens (tertiary/aromatic N) is 2. The number of benzene rings is 3. The molecule has 0 saturated carbocycles. The minimum absolute atomic E-state index is 0.477. The zero-order valence-corrected chi connectivity index (χ0v) is 19.7. The van der Waals surface area contributed by atoms with Crippen LogP contribution >= 0.6 is 0 Å². The molecule has 0 amide bonds. The predicted molar refractivity (Wildman–Crippen MR) is 132 cm³/mol. The first-order valence-corrected chi connectivity index (χ1v) is 11.4. The number of fused-ring (bicyclic) bond motifs is 1. The van der Waals surface area contributed by atoms with Crippen molar-refractivity contribution in [2.45, 2.75) is 52.7 Å². The summed E-state index contributed by atoms with van der Waals surface area (Å²) in [5, 5.41) is 0. The van der Waals surface area contributed by atoms with Crippen LogP contribution in [0.4, 0.5) is 4.79 Å². The van der Waals surface area contributed by atoms with Gasteiger partial charge in [0.25, 0.3) is 0 Å². The molecule has 1 aromatic heterocycles.